The van der Waals surface area contributed by atoms with Crippen LogP contribution in [0.25, 0.3) is 10.9 Å². The fraction of sp³-hybridized carbons (Fsp3) is 0.609. The van der Waals surface area contributed by atoms with E-state index in [9.17, 15) is 9.50 Å². The fourth-order valence-electron chi connectivity index (χ4n) is 5.72. The van der Waals surface area contributed by atoms with E-state index < -0.39 is 0 Å². The van der Waals surface area contributed by atoms with Gasteiger partial charge in [-0.05, 0) is 62.9 Å². The van der Waals surface area contributed by atoms with E-state index in [0.717, 1.165) is 74.4 Å². The first-order chi connectivity index (χ1) is 14.0. The molecule has 5 rings (SSSR count). The van der Waals surface area contributed by atoms with Crippen LogP contribution >= 0.6 is 0 Å². The number of aryl methyl sites for hydroxylation is 1. The highest BCUT2D eigenvalue weighted by molar-refractivity contribution is 5.92. The second-order valence-corrected chi connectivity index (χ2v) is 9.31. The first-order valence-electron chi connectivity index (χ1n) is 10.9. The molecule has 1 N–H and O–H groups in total. The fourth-order valence-corrected chi connectivity index (χ4v) is 5.72. The molecule has 1 aliphatic carbocycles. The summed E-state index contributed by atoms with van der Waals surface area (Å²) in [6.07, 6.45) is 1.68. The van der Waals surface area contributed by atoms with Gasteiger partial charge in [0, 0.05) is 62.1 Å². The van der Waals surface area contributed by atoms with Crippen LogP contribution in [0.15, 0.2) is 24.3 Å². The van der Waals surface area contributed by atoms with E-state index in [1.165, 1.54) is 6.07 Å². The van der Waals surface area contributed by atoms with Crippen LogP contribution in [0.2, 0.25) is 0 Å². The average molecular weight is 399 g/mol. The van der Waals surface area contributed by atoms with Crippen LogP contribution in [-0.4, -0.2) is 78.4 Å². The van der Waals surface area contributed by atoms with Crippen LogP contribution < -0.4 is 4.90 Å². The Bertz CT molecular complexity index is 898. The van der Waals surface area contributed by atoms with Crippen LogP contribution in [0.5, 0.6) is 0 Å². The Balaban J connectivity index is 1.37. The summed E-state index contributed by atoms with van der Waals surface area (Å²) in [6.45, 7) is 8.18. The lowest BCUT2D eigenvalue weighted by Crippen LogP contribution is -2.55. The minimum Gasteiger partial charge on any atom is -0.391 e. The Kier molecular flexibility index (Phi) is 4.96. The second-order valence-electron chi connectivity index (χ2n) is 9.31. The number of halogens is 1. The van der Waals surface area contributed by atoms with Crippen molar-refractivity contribution < 1.29 is 9.50 Å². The minimum absolute atomic E-state index is 0.216. The maximum Gasteiger partial charge on any atom is 0.124 e. The minimum atomic E-state index is -0.243. The highest BCUT2D eigenvalue weighted by atomic mass is 19.1. The largest absolute Gasteiger partial charge is 0.391 e. The molecule has 0 spiro atoms. The van der Waals surface area contributed by atoms with Crippen molar-refractivity contribution in [1.29, 1.82) is 0 Å². The molecule has 2 aromatic rings. The Morgan fingerprint density at radius 1 is 1.03 bits per heavy atom. The molecular weight excluding hydrogens is 367 g/mol. The lowest BCUT2D eigenvalue weighted by molar-refractivity contribution is -0.0249. The van der Waals surface area contributed by atoms with E-state index in [0.29, 0.717) is 11.8 Å². The summed E-state index contributed by atoms with van der Waals surface area (Å²) >= 11 is 0. The lowest BCUT2D eigenvalue weighted by Gasteiger charge is -2.44. The molecule has 6 heteroatoms. The van der Waals surface area contributed by atoms with E-state index in [1.807, 2.05) is 6.92 Å². The first-order valence-corrected chi connectivity index (χ1v) is 10.9. The van der Waals surface area contributed by atoms with Crippen molar-refractivity contribution in [3.05, 3.63) is 35.8 Å². The molecule has 3 aliphatic rings. The van der Waals surface area contributed by atoms with Gasteiger partial charge >= 0.3 is 0 Å². The molecule has 2 saturated heterocycles. The number of hydrogen-bond donors (Lipinski definition) is 1. The summed E-state index contributed by atoms with van der Waals surface area (Å²) < 4.78 is 13.9. The number of anilines is 1. The van der Waals surface area contributed by atoms with Gasteiger partial charge in [0.25, 0.3) is 0 Å². The molecule has 1 saturated carbocycles. The third-order valence-corrected chi connectivity index (χ3v) is 7.33. The number of rotatable bonds is 2. The van der Waals surface area contributed by atoms with Gasteiger partial charge in [-0.3, -0.25) is 9.88 Å². The summed E-state index contributed by atoms with van der Waals surface area (Å²) in [5, 5.41) is 11.8. The van der Waals surface area contributed by atoms with Gasteiger partial charge in [0.1, 0.15) is 5.82 Å². The number of hydrogen-bond acceptors (Lipinski definition) is 5. The monoisotopic (exact) mass is 398 g/mol. The van der Waals surface area contributed by atoms with Gasteiger partial charge in [-0.2, -0.15) is 0 Å². The Hall–Kier alpha value is -1.76. The zero-order chi connectivity index (χ0) is 20.1. The smallest absolute Gasteiger partial charge is 0.124 e. The normalized spacial score (nSPS) is 31.4. The molecule has 2 aliphatic heterocycles. The highest BCUT2D eigenvalue weighted by Crippen LogP contribution is 2.41. The highest BCUT2D eigenvalue weighted by Gasteiger charge is 2.44. The zero-order valence-corrected chi connectivity index (χ0v) is 17.4. The van der Waals surface area contributed by atoms with Crippen molar-refractivity contribution in [3.63, 3.8) is 0 Å². The second kappa shape index (κ2) is 7.49. The number of aromatic nitrogens is 1. The summed E-state index contributed by atoms with van der Waals surface area (Å²) in [6, 6.07) is 7.24. The van der Waals surface area contributed by atoms with Crippen molar-refractivity contribution in [1.82, 2.24) is 14.8 Å². The SMILES string of the molecule is Cc1cc(N2C[C@H]3C[C@@H](N4CCN(C)CC4)[C@H](O)C[C@H]3C2)c2cc(F)ccc2n1. The number of likely N-dealkylation sites (N-methyl/N-ethyl adjacent to an activating group) is 1. The molecule has 5 nitrogen and oxygen atoms in total. The van der Waals surface area contributed by atoms with Crippen molar-refractivity contribution in [2.75, 3.05) is 51.2 Å². The standard InChI is InChI=1S/C23H31FN4O/c1-15-9-21(19-12-18(24)3-4-20(19)25-15)28-13-16-10-22(23(29)11-17(16)14-28)27-7-5-26(2)6-8-27/h3-4,9,12,16-17,22-23,29H,5-8,10-11,13-14H2,1-2H3/t16-,17+,22-,23-/m1/s1. The van der Waals surface area contributed by atoms with Crippen LogP contribution in [0.1, 0.15) is 18.5 Å². The molecule has 1 aromatic heterocycles. The van der Waals surface area contributed by atoms with Crippen molar-refractivity contribution >= 4 is 16.6 Å². The number of benzene rings is 1. The number of nitrogens with zero attached hydrogens (tertiary/aromatic N) is 4. The van der Waals surface area contributed by atoms with Gasteiger partial charge in [0.05, 0.1) is 11.6 Å². The molecule has 29 heavy (non-hydrogen) atoms. The number of piperazine rings is 1. The third kappa shape index (κ3) is 3.62. The molecule has 0 unspecified atom stereocenters. The zero-order valence-electron chi connectivity index (χ0n) is 17.4. The Labute approximate surface area is 172 Å². The quantitative estimate of drug-likeness (QED) is 0.842. The van der Waals surface area contributed by atoms with E-state index in [4.69, 9.17) is 0 Å². The molecule has 3 heterocycles. The van der Waals surface area contributed by atoms with Crippen LogP contribution in [-0.2, 0) is 0 Å². The van der Waals surface area contributed by atoms with Gasteiger partial charge in [-0.25, -0.2) is 4.39 Å². The van der Waals surface area contributed by atoms with Crippen LogP contribution in [0.4, 0.5) is 10.1 Å². The number of aliphatic hydroxyl groups is 1. The maximum atomic E-state index is 13.9. The average Bonchev–Trinajstić information content (AvgIpc) is 3.10. The van der Waals surface area contributed by atoms with E-state index >= 15 is 0 Å². The molecule has 0 radical (unpaired) electrons. The first kappa shape index (κ1) is 19.2. The summed E-state index contributed by atoms with van der Waals surface area (Å²) in [5.74, 6) is 0.873. The van der Waals surface area contributed by atoms with Crippen molar-refractivity contribution in [2.24, 2.45) is 11.8 Å². The predicted octanol–water partition coefficient (Wildman–Crippen LogP) is 2.51. The van der Waals surface area contributed by atoms with Gasteiger partial charge < -0.3 is 14.9 Å². The van der Waals surface area contributed by atoms with Crippen LogP contribution in [0, 0.1) is 24.6 Å². The molecule has 0 amide bonds. The van der Waals surface area contributed by atoms with Crippen molar-refractivity contribution in [2.45, 2.75) is 31.9 Å². The van der Waals surface area contributed by atoms with E-state index in [2.05, 4.69) is 32.8 Å². The van der Waals surface area contributed by atoms with Gasteiger partial charge in [0.2, 0.25) is 0 Å². The Morgan fingerprint density at radius 2 is 1.76 bits per heavy atom. The molecule has 0 bridgehead atoms. The topological polar surface area (TPSA) is 42.8 Å². The molecule has 1 aromatic carbocycles. The lowest BCUT2D eigenvalue weighted by atomic mass is 9.77. The van der Waals surface area contributed by atoms with Gasteiger partial charge in [-0.15, -0.1) is 0 Å². The van der Waals surface area contributed by atoms with Gasteiger partial charge in [-0.1, -0.05) is 0 Å². The van der Waals surface area contributed by atoms with Crippen molar-refractivity contribution in [3.8, 4) is 0 Å². The third-order valence-electron chi connectivity index (χ3n) is 7.33. The number of pyridine rings is 1. The summed E-state index contributed by atoms with van der Waals surface area (Å²) in [7, 11) is 2.17. The Morgan fingerprint density at radius 3 is 2.52 bits per heavy atom. The van der Waals surface area contributed by atoms with E-state index in [-0.39, 0.29) is 18.0 Å². The molecule has 4 atom stereocenters. The maximum absolute atomic E-state index is 13.9. The summed E-state index contributed by atoms with van der Waals surface area (Å²) in [5.41, 5.74) is 2.91. The van der Waals surface area contributed by atoms with Gasteiger partial charge in [0.15, 0.2) is 0 Å². The molecule has 156 valence electrons. The van der Waals surface area contributed by atoms with E-state index in [1.54, 1.807) is 12.1 Å². The predicted molar refractivity (Wildman–Crippen MR) is 114 cm³/mol. The molecular formula is C23H31FN4O. The number of aliphatic hydroxyl groups excluding tert-OH is 1. The van der Waals surface area contributed by atoms with Crippen LogP contribution in [0.3, 0.4) is 0 Å². The molecule has 3 fully saturated rings. The number of fused-ring (bicyclic) bond motifs is 2. The summed E-state index contributed by atoms with van der Waals surface area (Å²) in [4.78, 5) is 11.9.